The van der Waals surface area contributed by atoms with E-state index in [0.29, 0.717) is 40.8 Å². The second-order valence-corrected chi connectivity index (χ2v) is 21.1. The summed E-state index contributed by atoms with van der Waals surface area (Å²) in [6, 6.07) is 5.82. The van der Waals surface area contributed by atoms with Gasteiger partial charge in [0.1, 0.15) is 0 Å². The summed E-state index contributed by atoms with van der Waals surface area (Å²) < 4.78 is 42.0. The summed E-state index contributed by atoms with van der Waals surface area (Å²) in [4.78, 5) is 0. The summed E-state index contributed by atoms with van der Waals surface area (Å²) in [7, 11) is 0. The van der Waals surface area contributed by atoms with Crippen LogP contribution in [0.25, 0.3) is 0 Å². The first kappa shape index (κ1) is 24.7. The molecule has 0 N–H and O–H groups in total. The average Bonchev–Trinajstić information content (AvgIpc) is 2.57. The molecule has 2 aromatic rings. The molecule has 0 aromatic heterocycles. The van der Waals surface area contributed by atoms with Gasteiger partial charge in [-0.05, 0) is 0 Å². The number of halogens is 4. The van der Waals surface area contributed by atoms with E-state index in [4.69, 9.17) is 9.47 Å². The Balaban J connectivity index is 2.30. The Morgan fingerprint density at radius 1 is 0.759 bits per heavy atom. The predicted octanol–water partition coefficient (Wildman–Crippen LogP) is 7.91. The van der Waals surface area contributed by atoms with E-state index in [0.717, 1.165) is 11.1 Å². The summed E-state index contributed by atoms with van der Waals surface area (Å²) in [6.45, 7) is 12.6. The van der Waals surface area contributed by atoms with Gasteiger partial charge in [0.15, 0.2) is 0 Å². The summed E-state index contributed by atoms with van der Waals surface area (Å²) in [5.41, 5.74) is 2.72. The Morgan fingerprint density at radius 3 is 1.38 bits per heavy atom. The van der Waals surface area contributed by atoms with Crippen LogP contribution in [0.5, 0.6) is 11.5 Å². The molecule has 0 atom stereocenters. The Labute approximate surface area is 192 Å². The van der Waals surface area contributed by atoms with Gasteiger partial charge in [-0.25, -0.2) is 0 Å². The zero-order chi connectivity index (χ0) is 21.9. The molecule has 0 aliphatic carbocycles. The molecule has 2 nitrogen and oxygen atoms in total. The fourth-order valence-electron chi connectivity index (χ4n) is 3.53. The zero-order valence-electron chi connectivity index (χ0n) is 17.7. The van der Waals surface area contributed by atoms with Crippen molar-refractivity contribution < 1.29 is 18.3 Å². The van der Waals surface area contributed by atoms with Crippen molar-refractivity contribution in [2.24, 2.45) is 0 Å². The minimum absolute atomic E-state index is 0.290. The van der Waals surface area contributed by atoms with Crippen LogP contribution in [0.2, 0.25) is 9.50 Å². The average molecular weight is 595 g/mol. The second kappa shape index (κ2) is 10.1. The van der Waals surface area contributed by atoms with Gasteiger partial charge in [0.25, 0.3) is 0 Å². The minimum atomic E-state index is -2.74. The summed E-state index contributed by atoms with van der Waals surface area (Å²) in [5.74, 6) is 0.785. The van der Waals surface area contributed by atoms with Gasteiger partial charge >= 0.3 is 193 Å². The molecule has 0 aliphatic rings. The fraction of sp³-hybridized carbons (Fsp3) is 0.455. The molecule has 2 rings (SSSR count). The molecule has 0 saturated heterocycles. The number of hydrogen-bond donors (Lipinski definition) is 0. The predicted molar refractivity (Wildman–Crippen MR) is 125 cm³/mol. The van der Waals surface area contributed by atoms with Crippen LogP contribution >= 0.6 is 31.9 Å². The van der Waals surface area contributed by atoms with Gasteiger partial charge in [-0.15, -0.1) is 0 Å². The Bertz CT molecular complexity index is 754. The van der Waals surface area contributed by atoms with Crippen LogP contribution in [0.4, 0.5) is 8.78 Å². The molecule has 0 spiro atoms. The standard InChI is InChI=1S/C22H28Br2F2GeO2/c1-13(2)27(14(3)4,11-28-21-15(5)7-17(25)9-19(21)23)12-29-22-16(6)8-18(26)10-20(22)24/h7-10,13-14H,11-12H2,1-6H3. The molecular formula is C22H28Br2F2GeO2. The van der Waals surface area contributed by atoms with Crippen LogP contribution in [-0.4, -0.2) is 24.1 Å². The van der Waals surface area contributed by atoms with Gasteiger partial charge < -0.3 is 0 Å². The maximum absolute atomic E-state index is 13.6. The van der Waals surface area contributed by atoms with E-state index in [2.05, 4.69) is 59.6 Å². The normalized spacial score (nSPS) is 12.0. The van der Waals surface area contributed by atoms with Crippen molar-refractivity contribution in [3.63, 3.8) is 0 Å². The van der Waals surface area contributed by atoms with E-state index < -0.39 is 13.3 Å². The number of ether oxygens (including phenoxy) is 2. The van der Waals surface area contributed by atoms with Gasteiger partial charge in [-0.2, -0.15) is 0 Å². The van der Waals surface area contributed by atoms with Gasteiger partial charge in [0.05, 0.1) is 0 Å². The first-order chi connectivity index (χ1) is 13.5. The molecule has 7 heteroatoms. The van der Waals surface area contributed by atoms with Gasteiger partial charge in [-0.3, -0.25) is 0 Å². The van der Waals surface area contributed by atoms with E-state index in [-0.39, 0.29) is 11.6 Å². The third-order valence-electron chi connectivity index (χ3n) is 5.66. The number of hydrogen-bond acceptors (Lipinski definition) is 2. The molecule has 0 bridgehead atoms. The molecule has 0 radical (unpaired) electrons. The van der Waals surface area contributed by atoms with Crippen molar-refractivity contribution in [3.05, 3.63) is 56.0 Å². The third-order valence-corrected chi connectivity index (χ3v) is 19.3. The summed E-state index contributed by atoms with van der Waals surface area (Å²) in [5, 5.41) is 0. The van der Waals surface area contributed by atoms with E-state index in [9.17, 15) is 8.78 Å². The van der Waals surface area contributed by atoms with Gasteiger partial charge in [0.2, 0.25) is 0 Å². The SMILES string of the molecule is Cc1cc(F)cc(Br)c1O[CH2][Ge]([CH2]Oc1c(C)cc(F)cc1Br)([CH](C)C)[CH](C)C. The number of benzene rings is 2. The van der Waals surface area contributed by atoms with Crippen LogP contribution in [-0.2, 0) is 0 Å². The van der Waals surface area contributed by atoms with Crippen LogP contribution in [0.1, 0.15) is 38.8 Å². The van der Waals surface area contributed by atoms with Crippen molar-refractivity contribution in [3.8, 4) is 11.5 Å². The van der Waals surface area contributed by atoms with Gasteiger partial charge in [-0.1, -0.05) is 0 Å². The topological polar surface area (TPSA) is 18.5 Å². The van der Waals surface area contributed by atoms with Gasteiger partial charge in [0, 0.05) is 0 Å². The molecule has 160 valence electrons. The molecule has 0 saturated carbocycles. The molecule has 0 fully saturated rings. The van der Waals surface area contributed by atoms with Crippen molar-refractivity contribution in [1.82, 2.24) is 0 Å². The molecule has 0 heterocycles. The Kier molecular flexibility index (Phi) is 8.63. The van der Waals surface area contributed by atoms with Crippen molar-refractivity contribution >= 4 is 45.1 Å². The molecule has 0 unspecified atom stereocenters. The zero-order valence-corrected chi connectivity index (χ0v) is 23.0. The third kappa shape index (κ3) is 5.76. The molecule has 0 aliphatic heterocycles. The maximum atomic E-state index is 13.6. The van der Waals surface area contributed by atoms with Crippen molar-refractivity contribution in [1.29, 1.82) is 0 Å². The monoisotopic (exact) mass is 594 g/mol. The van der Waals surface area contributed by atoms with Crippen LogP contribution in [0.3, 0.4) is 0 Å². The van der Waals surface area contributed by atoms with Crippen LogP contribution in [0.15, 0.2) is 33.2 Å². The molecular weight excluding hydrogens is 567 g/mol. The summed E-state index contributed by atoms with van der Waals surface area (Å²) in [6.07, 6.45) is 0. The number of aryl methyl sites for hydroxylation is 2. The van der Waals surface area contributed by atoms with E-state index in [1.165, 1.54) is 24.3 Å². The molecule has 29 heavy (non-hydrogen) atoms. The first-order valence-electron chi connectivity index (χ1n) is 9.64. The van der Waals surface area contributed by atoms with Crippen LogP contribution < -0.4 is 9.47 Å². The van der Waals surface area contributed by atoms with Crippen molar-refractivity contribution in [2.75, 3.05) is 10.9 Å². The van der Waals surface area contributed by atoms with E-state index in [1.54, 1.807) is 0 Å². The molecule has 0 amide bonds. The Hall–Kier alpha value is -0.597. The van der Waals surface area contributed by atoms with Crippen molar-refractivity contribution in [2.45, 2.75) is 51.0 Å². The number of rotatable bonds is 8. The van der Waals surface area contributed by atoms with E-state index >= 15 is 0 Å². The first-order valence-corrected chi connectivity index (χ1v) is 16.6. The van der Waals surface area contributed by atoms with Crippen LogP contribution in [0, 0.1) is 25.5 Å². The molecule has 2 aromatic carbocycles. The quantitative estimate of drug-likeness (QED) is 0.289. The summed E-state index contributed by atoms with van der Waals surface area (Å²) >= 11 is 4.11. The fourth-order valence-corrected chi connectivity index (χ4v) is 12.3. The van der Waals surface area contributed by atoms with E-state index in [1.807, 2.05) is 13.8 Å². The second-order valence-electron chi connectivity index (χ2n) is 8.19. The Morgan fingerprint density at radius 2 is 1.10 bits per heavy atom.